The van der Waals surface area contributed by atoms with Crippen molar-refractivity contribution in [3.8, 4) is 22.3 Å². The molecule has 0 fully saturated rings. The second kappa shape index (κ2) is 28.4. The van der Waals surface area contributed by atoms with E-state index in [1.54, 1.807) is 0 Å². The first-order valence-corrected chi connectivity index (χ1v) is 37.0. The first-order chi connectivity index (χ1) is 53.5. The predicted octanol–water partition coefficient (Wildman–Crippen LogP) is 29.8. The summed E-state index contributed by atoms with van der Waals surface area (Å²) in [5.74, 6) is 0. The maximum absolute atomic E-state index is 2.41. The molecular weight excluding hydrogens is 1310 g/mol. The van der Waals surface area contributed by atoms with Crippen molar-refractivity contribution >= 4 is 154 Å². The van der Waals surface area contributed by atoms with E-state index in [1.807, 2.05) is 0 Å². The number of nitrogens with zero attached hydrogens (tertiary/aromatic N) is 4. The van der Waals surface area contributed by atoms with Crippen LogP contribution in [0.1, 0.15) is 0 Å². The third-order valence-corrected chi connectivity index (χ3v) is 21.2. The Kier molecular flexibility index (Phi) is 17.0. The standard InChI is InChI=1S/2C52H36N2/c1-5-21-45-39(13-1)17-9-25-49(45)53(50-26-10-18-40-14-2-6-22-46(40)50)43-33-29-37(30-34-43)38-31-35-44(36-32-38)54(51-27-11-19-41-15-3-7-23-47(41)51)52-28-12-20-42-16-4-8-24-48(42)52;1-5-13-43-33-49(29-21-37(43)9-1)53(50-30-22-38-10-2-6-14-44(38)34-50)47-25-17-41(18-26-47)42-19-27-48(28-20-42)54(51-31-23-39-11-3-7-15-45(39)35-51)52-32-24-40-12-4-8-16-46(40)36-52/h2*1-36H. The lowest BCUT2D eigenvalue weighted by Crippen LogP contribution is -2.11. The van der Waals surface area contributed by atoms with Gasteiger partial charge in [0.1, 0.15) is 0 Å². The third-order valence-electron chi connectivity index (χ3n) is 21.2. The molecule has 0 aliphatic heterocycles. The van der Waals surface area contributed by atoms with Crippen LogP contribution >= 0.6 is 0 Å². The van der Waals surface area contributed by atoms with E-state index in [4.69, 9.17) is 0 Å². The van der Waals surface area contributed by atoms with Crippen molar-refractivity contribution in [1.82, 2.24) is 0 Å². The minimum Gasteiger partial charge on any atom is -0.310 e. The Labute approximate surface area is 629 Å². The summed E-state index contributed by atoms with van der Waals surface area (Å²) in [5, 5.41) is 19.6. The van der Waals surface area contributed by atoms with Crippen LogP contribution in [-0.2, 0) is 0 Å². The second-order valence-corrected chi connectivity index (χ2v) is 27.6. The van der Waals surface area contributed by atoms with Gasteiger partial charge in [-0.1, -0.05) is 315 Å². The number of hydrogen-bond donors (Lipinski definition) is 0. The quantitative estimate of drug-likeness (QED) is 0.108. The highest BCUT2D eigenvalue weighted by atomic mass is 15.2. The monoisotopic (exact) mass is 1380 g/mol. The van der Waals surface area contributed by atoms with Crippen LogP contribution in [0.2, 0.25) is 0 Å². The molecule has 108 heavy (non-hydrogen) atoms. The molecule has 508 valence electrons. The van der Waals surface area contributed by atoms with Gasteiger partial charge in [-0.05, 0) is 208 Å². The summed E-state index contributed by atoms with van der Waals surface area (Å²) in [7, 11) is 0. The SMILES string of the molecule is c1ccc2c(N(c3ccc(-c4ccc(N(c5cccc6ccccc56)c5cccc6ccccc56)cc4)cc3)c3cccc4ccccc34)cccc2c1.c1ccc2cc(N(c3ccc(-c4ccc(N(c5ccc6ccccc6c5)c5ccc6ccccc6c5)cc4)cc3)c3ccc4ccccc4c3)ccc2c1. The van der Waals surface area contributed by atoms with Crippen molar-refractivity contribution in [3.05, 3.63) is 437 Å². The first-order valence-electron chi connectivity index (χ1n) is 37.0. The Morgan fingerprint density at radius 1 is 0.111 bits per heavy atom. The molecule has 0 spiro atoms. The maximum atomic E-state index is 2.41. The molecule has 0 bridgehead atoms. The molecule has 0 N–H and O–H groups in total. The lowest BCUT2D eigenvalue weighted by atomic mass is 10.0. The number of rotatable bonds is 14. The minimum atomic E-state index is 1.11. The zero-order valence-corrected chi connectivity index (χ0v) is 59.4. The van der Waals surface area contributed by atoms with Crippen LogP contribution in [0.3, 0.4) is 0 Å². The van der Waals surface area contributed by atoms with E-state index in [-0.39, 0.29) is 0 Å². The summed E-state index contributed by atoms with van der Waals surface area (Å²) >= 11 is 0. The average Bonchev–Trinajstić information content (AvgIpc) is 0.775. The van der Waals surface area contributed by atoms with Gasteiger partial charge in [-0.2, -0.15) is 0 Å². The fourth-order valence-electron chi connectivity index (χ4n) is 15.8. The summed E-state index contributed by atoms with van der Waals surface area (Å²) in [6, 6.07) is 158. The highest BCUT2D eigenvalue weighted by molar-refractivity contribution is 6.07. The van der Waals surface area contributed by atoms with Crippen LogP contribution in [0.5, 0.6) is 0 Å². The van der Waals surface area contributed by atoms with Gasteiger partial charge in [0.05, 0.1) is 22.7 Å². The lowest BCUT2D eigenvalue weighted by molar-refractivity contribution is 1.29. The zero-order valence-electron chi connectivity index (χ0n) is 59.4. The Hall–Kier alpha value is -14.3. The Balaban J connectivity index is 0.000000147. The van der Waals surface area contributed by atoms with Gasteiger partial charge in [-0.25, -0.2) is 0 Å². The summed E-state index contributed by atoms with van der Waals surface area (Å²) in [6.07, 6.45) is 0. The van der Waals surface area contributed by atoms with E-state index >= 15 is 0 Å². The van der Waals surface area contributed by atoms with E-state index in [0.717, 1.165) is 68.2 Å². The van der Waals surface area contributed by atoms with Crippen LogP contribution < -0.4 is 19.6 Å². The summed E-state index contributed by atoms with van der Waals surface area (Å²) < 4.78 is 0. The average molecular weight is 1380 g/mol. The molecule has 20 rings (SSSR count). The van der Waals surface area contributed by atoms with Crippen LogP contribution in [0, 0.1) is 0 Å². The normalized spacial score (nSPS) is 11.3. The molecule has 0 heterocycles. The molecule has 0 aromatic heterocycles. The van der Waals surface area contributed by atoms with Gasteiger partial charge in [-0.15, -0.1) is 0 Å². The molecule has 0 atom stereocenters. The van der Waals surface area contributed by atoms with E-state index in [9.17, 15) is 0 Å². The topological polar surface area (TPSA) is 13.0 Å². The molecule has 0 aliphatic carbocycles. The molecule has 20 aromatic carbocycles. The maximum Gasteiger partial charge on any atom is 0.0540 e. The highest BCUT2D eigenvalue weighted by Crippen LogP contribution is 2.47. The second-order valence-electron chi connectivity index (χ2n) is 27.6. The lowest BCUT2D eigenvalue weighted by Gasteiger charge is -2.28. The van der Waals surface area contributed by atoms with Crippen molar-refractivity contribution in [2.45, 2.75) is 0 Å². The molecule has 0 aliphatic rings. The number of anilines is 12. The van der Waals surface area contributed by atoms with E-state index in [2.05, 4.69) is 456 Å². The largest absolute Gasteiger partial charge is 0.310 e. The molecule has 0 saturated heterocycles. The predicted molar refractivity (Wildman–Crippen MR) is 463 cm³/mol. The smallest absolute Gasteiger partial charge is 0.0540 e. The van der Waals surface area contributed by atoms with Gasteiger partial charge in [0.2, 0.25) is 0 Å². The van der Waals surface area contributed by atoms with Crippen LogP contribution in [0.4, 0.5) is 68.2 Å². The van der Waals surface area contributed by atoms with Crippen molar-refractivity contribution in [2.24, 2.45) is 0 Å². The number of fused-ring (bicyclic) bond motifs is 8. The van der Waals surface area contributed by atoms with E-state index in [1.165, 1.54) is 108 Å². The van der Waals surface area contributed by atoms with Crippen molar-refractivity contribution < 1.29 is 0 Å². The molecule has 0 radical (unpaired) electrons. The molecule has 0 amide bonds. The van der Waals surface area contributed by atoms with Crippen LogP contribution in [0.15, 0.2) is 437 Å². The van der Waals surface area contributed by atoms with Crippen LogP contribution in [0.25, 0.3) is 108 Å². The molecule has 0 unspecified atom stereocenters. The van der Waals surface area contributed by atoms with Gasteiger partial charge >= 0.3 is 0 Å². The van der Waals surface area contributed by atoms with E-state index < -0.39 is 0 Å². The van der Waals surface area contributed by atoms with Gasteiger partial charge in [0.15, 0.2) is 0 Å². The molecule has 4 heteroatoms. The van der Waals surface area contributed by atoms with Crippen molar-refractivity contribution in [2.75, 3.05) is 19.6 Å². The molecular formula is C104H72N4. The fraction of sp³-hybridized carbons (Fsp3) is 0. The molecule has 4 nitrogen and oxygen atoms in total. The Bertz CT molecular complexity index is 5960. The third kappa shape index (κ3) is 12.5. The molecule has 20 aromatic rings. The number of benzene rings is 20. The Morgan fingerprint density at radius 3 is 0.519 bits per heavy atom. The minimum absolute atomic E-state index is 1.11. The first kappa shape index (κ1) is 64.5. The highest BCUT2D eigenvalue weighted by Gasteiger charge is 2.22. The van der Waals surface area contributed by atoms with E-state index in [0.29, 0.717) is 0 Å². The van der Waals surface area contributed by atoms with Gasteiger partial charge in [0, 0.05) is 67.0 Å². The molecule has 0 saturated carbocycles. The summed E-state index contributed by atoms with van der Waals surface area (Å²) in [5.41, 5.74) is 18.3. The Morgan fingerprint density at radius 2 is 0.287 bits per heavy atom. The number of hydrogen-bond acceptors (Lipinski definition) is 4. The zero-order chi connectivity index (χ0) is 71.7. The fourth-order valence-corrected chi connectivity index (χ4v) is 15.8. The van der Waals surface area contributed by atoms with Gasteiger partial charge in [-0.3, -0.25) is 0 Å². The van der Waals surface area contributed by atoms with Gasteiger partial charge in [0.25, 0.3) is 0 Å². The van der Waals surface area contributed by atoms with Crippen molar-refractivity contribution in [3.63, 3.8) is 0 Å². The summed E-state index contributed by atoms with van der Waals surface area (Å²) in [6.45, 7) is 0. The summed E-state index contributed by atoms with van der Waals surface area (Å²) in [4.78, 5) is 9.53. The van der Waals surface area contributed by atoms with Gasteiger partial charge < -0.3 is 19.6 Å². The van der Waals surface area contributed by atoms with Crippen LogP contribution in [-0.4, -0.2) is 0 Å². The van der Waals surface area contributed by atoms with Crippen molar-refractivity contribution in [1.29, 1.82) is 0 Å².